The van der Waals surface area contributed by atoms with E-state index in [-0.39, 0.29) is 11.8 Å². The Morgan fingerprint density at radius 2 is 1.86 bits per heavy atom. The van der Waals surface area contributed by atoms with Gasteiger partial charge in [-0.3, -0.25) is 4.79 Å². The van der Waals surface area contributed by atoms with Gasteiger partial charge in [0.05, 0.1) is 0 Å². The van der Waals surface area contributed by atoms with Crippen molar-refractivity contribution in [1.82, 2.24) is 5.32 Å². The molecule has 0 aromatic heterocycles. The van der Waals surface area contributed by atoms with E-state index in [1.165, 1.54) is 18.2 Å². The number of carbonyl (C=O) groups is 3. The van der Waals surface area contributed by atoms with Crippen molar-refractivity contribution in [2.24, 2.45) is 11.7 Å². The lowest BCUT2D eigenvalue weighted by Gasteiger charge is -2.24. The van der Waals surface area contributed by atoms with E-state index in [2.05, 4.69) is 5.32 Å². The molecule has 5 unspecified atom stereocenters. The number of rotatable bonds is 6. The first kappa shape index (κ1) is 36.3. The van der Waals surface area contributed by atoms with E-state index in [1.54, 1.807) is 24.4 Å². The van der Waals surface area contributed by atoms with Gasteiger partial charge in [-0.25, -0.2) is 9.59 Å². The zero-order valence-corrected chi connectivity index (χ0v) is 25.5. The lowest BCUT2D eigenvalue weighted by molar-refractivity contribution is -0.144. The number of aliphatic hydroxyl groups is 2. The maximum atomic E-state index is 12.6. The first-order valence-corrected chi connectivity index (χ1v) is 14.4. The second-order valence-corrected chi connectivity index (χ2v) is 10.7. The van der Waals surface area contributed by atoms with Crippen LogP contribution in [-0.4, -0.2) is 52.6 Å². The Balaban J connectivity index is 3.06. The number of amides is 2. The van der Waals surface area contributed by atoms with E-state index in [4.69, 9.17) is 15.2 Å². The number of ether oxygens (including phenoxy) is 2. The minimum absolute atomic E-state index is 0.108. The van der Waals surface area contributed by atoms with Crippen LogP contribution in [-0.2, 0) is 19.1 Å². The van der Waals surface area contributed by atoms with Crippen LogP contribution in [0.15, 0.2) is 83.7 Å². The molecule has 1 heterocycles. The molecular weight excluding hydrogens is 536 g/mol. The number of allylic oxidation sites excluding steroid dienone is 8. The van der Waals surface area contributed by atoms with Crippen molar-refractivity contribution in [1.29, 1.82) is 0 Å². The molecule has 5 N–H and O–H groups in total. The molecule has 0 aliphatic carbocycles. The average Bonchev–Trinajstić information content (AvgIpc) is 2.89. The van der Waals surface area contributed by atoms with Crippen molar-refractivity contribution in [2.75, 3.05) is 0 Å². The van der Waals surface area contributed by atoms with Gasteiger partial charge in [0.2, 0.25) is 5.91 Å². The van der Waals surface area contributed by atoms with Crippen LogP contribution in [0, 0.1) is 5.92 Å². The minimum Gasteiger partial charge on any atom is -0.458 e. The predicted molar refractivity (Wildman–Crippen MR) is 165 cm³/mol. The van der Waals surface area contributed by atoms with Crippen LogP contribution < -0.4 is 11.1 Å². The fraction of sp³-hybridized carbons (Fsp3) is 0.485. The third kappa shape index (κ3) is 16.5. The molecule has 1 rings (SSSR count). The number of carbonyl (C=O) groups excluding carboxylic acids is 3. The summed E-state index contributed by atoms with van der Waals surface area (Å²) in [5.41, 5.74) is 8.00. The Bertz CT molecular complexity index is 1090. The lowest BCUT2D eigenvalue weighted by atomic mass is 9.95. The lowest BCUT2D eigenvalue weighted by Crippen LogP contribution is -2.40. The van der Waals surface area contributed by atoms with Crippen LogP contribution in [0.2, 0.25) is 0 Å². The van der Waals surface area contributed by atoms with Crippen LogP contribution in [0.25, 0.3) is 0 Å². The van der Waals surface area contributed by atoms with Crippen LogP contribution in [0.3, 0.4) is 0 Å². The zero-order chi connectivity index (χ0) is 31.5. The van der Waals surface area contributed by atoms with Crippen molar-refractivity contribution >= 4 is 18.0 Å². The highest BCUT2D eigenvalue weighted by atomic mass is 16.6. The molecule has 0 fully saturated rings. The minimum atomic E-state index is -1.32. The molecule has 5 atom stereocenters. The summed E-state index contributed by atoms with van der Waals surface area (Å²) in [5.74, 6) is -0.755. The number of nitrogens with one attached hydrogen (secondary N) is 1. The van der Waals surface area contributed by atoms with Crippen LogP contribution in [0.4, 0.5) is 4.79 Å². The molecule has 0 radical (unpaired) electrons. The molecule has 0 aromatic carbocycles. The number of cyclic esters (lactones) is 1. The van der Waals surface area contributed by atoms with Gasteiger partial charge < -0.3 is 30.7 Å². The molecular formula is C33H48N2O7. The third-order valence-electron chi connectivity index (χ3n) is 6.36. The number of hydrogen-bond acceptors (Lipinski definition) is 7. The van der Waals surface area contributed by atoms with E-state index in [9.17, 15) is 24.6 Å². The molecule has 2 amide bonds. The monoisotopic (exact) mass is 584 g/mol. The summed E-state index contributed by atoms with van der Waals surface area (Å²) in [5, 5.41) is 23.5. The number of nitrogens with two attached hydrogens (primary N) is 1. The highest BCUT2D eigenvalue weighted by Crippen LogP contribution is 2.21. The van der Waals surface area contributed by atoms with Gasteiger partial charge in [0, 0.05) is 30.7 Å². The van der Waals surface area contributed by atoms with Gasteiger partial charge >= 0.3 is 12.1 Å². The highest BCUT2D eigenvalue weighted by molar-refractivity contribution is 5.88. The molecule has 0 aromatic rings. The standard InChI is InChI=1S/C33H48N2O7/c1-23(2)20-30(37)35-19-18-25(4)21-26(5)29-22-24(3)14-10-6-8-12-16-28(42-33(34)40)32(39)27(36)15-11-7-9-13-17-31(38)41-29/h6,10-11,13-15,17-21,26-29,32,36,39H,7-9,12,16,22H2,1-5H3,(H2,34,40)(H,35,37). The molecule has 1 aliphatic rings. The Hall–Kier alpha value is -3.69. The Kier molecular flexibility index (Phi) is 17.5. The summed E-state index contributed by atoms with van der Waals surface area (Å²) in [6.45, 7) is 9.58. The van der Waals surface area contributed by atoms with Crippen LogP contribution in [0.1, 0.15) is 73.1 Å². The number of esters is 1. The van der Waals surface area contributed by atoms with Gasteiger partial charge in [-0.15, -0.1) is 0 Å². The summed E-state index contributed by atoms with van der Waals surface area (Å²) < 4.78 is 10.9. The Morgan fingerprint density at radius 1 is 1.14 bits per heavy atom. The number of hydrogen-bond donors (Lipinski definition) is 4. The van der Waals surface area contributed by atoms with Gasteiger partial charge in [-0.2, -0.15) is 0 Å². The summed E-state index contributed by atoms with van der Waals surface area (Å²) >= 11 is 0. The molecule has 0 spiro atoms. The summed E-state index contributed by atoms with van der Waals surface area (Å²) in [4.78, 5) is 35.8. The van der Waals surface area contributed by atoms with Gasteiger partial charge in [-0.05, 0) is 65.9 Å². The maximum absolute atomic E-state index is 12.6. The number of primary amides is 1. The summed E-state index contributed by atoms with van der Waals surface area (Å²) in [7, 11) is 0. The van der Waals surface area contributed by atoms with E-state index in [1.807, 2.05) is 58.9 Å². The fourth-order valence-corrected chi connectivity index (χ4v) is 4.20. The summed E-state index contributed by atoms with van der Waals surface area (Å²) in [6, 6.07) is 0. The second-order valence-electron chi connectivity index (χ2n) is 10.7. The van der Waals surface area contributed by atoms with Crippen molar-refractivity contribution in [3.05, 3.63) is 83.7 Å². The maximum Gasteiger partial charge on any atom is 0.404 e. The highest BCUT2D eigenvalue weighted by Gasteiger charge is 2.27. The van der Waals surface area contributed by atoms with E-state index < -0.39 is 36.5 Å². The van der Waals surface area contributed by atoms with Crippen molar-refractivity contribution in [3.8, 4) is 0 Å². The Morgan fingerprint density at radius 3 is 2.55 bits per heavy atom. The Labute approximate surface area is 250 Å². The van der Waals surface area contributed by atoms with Crippen molar-refractivity contribution < 1.29 is 34.1 Å². The van der Waals surface area contributed by atoms with Gasteiger partial charge in [-0.1, -0.05) is 66.2 Å². The molecule has 0 saturated heterocycles. The quantitative estimate of drug-likeness (QED) is 0.145. The smallest absolute Gasteiger partial charge is 0.404 e. The normalized spacial score (nSPS) is 24.3. The second kappa shape index (κ2) is 20.2. The number of aliphatic hydroxyl groups excluding tert-OH is 2. The van der Waals surface area contributed by atoms with E-state index in [0.717, 1.165) is 16.7 Å². The largest absolute Gasteiger partial charge is 0.458 e. The molecule has 1 aliphatic heterocycles. The molecule has 9 heteroatoms. The topological polar surface area (TPSA) is 148 Å². The van der Waals surface area contributed by atoms with Gasteiger partial charge in [0.15, 0.2) is 0 Å². The summed E-state index contributed by atoms with van der Waals surface area (Å²) in [6.07, 6.45) is 17.2. The first-order valence-electron chi connectivity index (χ1n) is 14.4. The van der Waals surface area contributed by atoms with Gasteiger partial charge in [0.1, 0.15) is 24.4 Å². The van der Waals surface area contributed by atoms with E-state index >= 15 is 0 Å². The zero-order valence-electron chi connectivity index (χ0n) is 25.5. The molecule has 0 saturated carbocycles. The molecule has 9 nitrogen and oxygen atoms in total. The first-order chi connectivity index (χ1) is 19.9. The average molecular weight is 585 g/mol. The molecule has 232 valence electrons. The van der Waals surface area contributed by atoms with E-state index in [0.29, 0.717) is 38.5 Å². The molecule has 42 heavy (non-hydrogen) atoms. The SMILES string of the molecule is CC(C)=CC(=O)NC=CC(C)=CC(C)C1CC(C)=CC=CCCCC(OC(N)=O)C(O)C(O)C=CCCC=CC(=O)O1. The van der Waals surface area contributed by atoms with Crippen LogP contribution in [0.5, 0.6) is 0 Å². The third-order valence-corrected chi connectivity index (χ3v) is 6.36. The van der Waals surface area contributed by atoms with Crippen molar-refractivity contribution in [3.63, 3.8) is 0 Å². The fourth-order valence-electron chi connectivity index (χ4n) is 4.20. The van der Waals surface area contributed by atoms with Gasteiger partial charge in [0.25, 0.3) is 0 Å². The molecule has 0 bridgehead atoms. The predicted octanol–water partition coefficient (Wildman–Crippen LogP) is 5.23. The van der Waals surface area contributed by atoms with Crippen molar-refractivity contribution in [2.45, 2.75) is 97.6 Å². The van der Waals surface area contributed by atoms with Crippen LogP contribution >= 0.6 is 0 Å².